The average Bonchev–Trinajstić information content (AvgIpc) is 3.31. The molecule has 0 spiro atoms. The first-order valence-corrected chi connectivity index (χ1v) is 11.8. The van der Waals surface area contributed by atoms with Crippen LogP contribution in [0.5, 0.6) is 0 Å². The highest BCUT2D eigenvalue weighted by molar-refractivity contribution is 5.95. The Labute approximate surface area is 192 Å². The number of hydrogen-bond acceptors (Lipinski definition) is 3. The third kappa shape index (κ3) is 5.70. The lowest BCUT2D eigenvalue weighted by molar-refractivity contribution is -0.119. The smallest absolute Gasteiger partial charge is 0.254 e. The van der Waals surface area contributed by atoms with Crippen LogP contribution in [0.1, 0.15) is 67.4 Å². The summed E-state index contributed by atoms with van der Waals surface area (Å²) in [5.41, 5.74) is 4.66. The van der Waals surface area contributed by atoms with E-state index in [1.54, 1.807) is 0 Å². The zero-order valence-corrected chi connectivity index (χ0v) is 20.1. The predicted octanol–water partition coefficient (Wildman–Crippen LogP) is 5.63. The van der Waals surface area contributed by atoms with Crippen LogP contribution in [0.25, 0.3) is 0 Å². The summed E-state index contributed by atoms with van der Waals surface area (Å²) in [6.45, 7) is 6.69. The second kappa shape index (κ2) is 10.7. The Balaban J connectivity index is 1.89. The lowest BCUT2D eigenvalue weighted by atomic mass is 10.0. The first kappa shape index (κ1) is 23.8. The van der Waals surface area contributed by atoms with E-state index in [-0.39, 0.29) is 23.8 Å². The van der Waals surface area contributed by atoms with Crippen molar-refractivity contribution >= 4 is 23.2 Å². The maximum absolute atomic E-state index is 13.5. The minimum atomic E-state index is 0.0353. The van der Waals surface area contributed by atoms with Gasteiger partial charge in [-0.2, -0.15) is 0 Å². The van der Waals surface area contributed by atoms with E-state index in [1.807, 2.05) is 68.4 Å². The van der Waals surface area contributed by atoms with E-state index in [9.17, 15) is 9.59 Å². The molecule has 1 fully saturated rings. The van der Waals surface area contributed by atoms with Crippen molar-refractivity contribution < 1.29 is 9.59 Å². The first-order chi connectivity index (χ1) is 15.3. The number of anilines is 2. The number of carbonyl (C=O) groups excluding carboxylic acids is 2. The summed E-state index contributed by atoms with van der Waals surface area (Å²) >= 11 is 0. The number of amides is 2. The van der Waals surface area contributed by atoms with E-state index in [1.165, 1.54) is 0 Å². The molecular weight excluding hydrogens is 398 g/mol. The molecule has 0 heterocycles. The van der Waals surface area contributed by atoms with Crippen LogP contribution >= 0.6 is 0 Å². The number of benzene rings is 2. The maximum Gasteiger partial charge on any atom is 0.254 e. The summed E-state index contributed by atoms with van der Waals surface area (Å²) in [6.07, 6.45) is 5.08. The van der Waals surface area contributed by atoms with Gasteiger partial charge < -0.3 is 15.1 Å². The zero-order chi connectivity index (χ0) is 23.3. The molecule has 1 saturated carbocycles. The number of rotatable bonds is 8. The van der Waals surface area contributed by atoms with Crippen LogP contribution in [0.15, 0.2) is 42.5 Å². The molecule has 5 heteroatoms. The molecule has 2 aromatic rings. The third-order valence-electron chi connectivity index (χ3n) is 6.54. The van der Waals surface area contributed by atoms with Crippen molar-refractivity contribution in [3.63, 3.8) is 0 Å². The van der Waals surface area contributed by atoms with Gasteiger partial charge in [0, 0.05) is 49.5 Å². The molecule has 172 valence electrons. The first-order valence-electron chi connectivity index (χ1n) is 11.8. The molecule has 0 aliphatic heterocycles. The van der Waals surface area contributed by atoms with Gasteiger partial charge in [0.25, 0.3) is 5.91 Å². The highest BCUT2D eigenvalue weighted by Crippen LogP contribution is 2.29. The molecule has 1 atom stereocenters. The molecule has 1 aliphatic carbocycles. The molecule has 0 aromatic heterocycles. The van der Waals surface area contributed by atoms with Gasteiger partial charge in [-0.15, -0.1) is 0 Å². The fourth-order valence-corrected chi connectivity index (χ4v) is 4.43. The molecule has 3 rings (SSSR count). The van der Waals surface area contributed by atoms with E-state index in [4.69, 9.17) is 0 Å². The normalized spacial score (nSPS) is 14.8. The summed E-state index contributed by atoms with van der Waals surface area (Å²) in [4.78, 5) is 30.1. The van der Waals surface area contributed by atoms with E-state index in [0.29, 0.717) is 12.1 Å². The fraction of sp³-hybridized carbons (Fsp3) is 0.481. The molecule has 0 radical (unpaired) electrons. The van der Waals surface area contributed by atoms with Gasteiger partial charge in [-0.25, -0.2) is 0 Å². The Bertz CT molecular complexity index is 948. The van der Waals surface area contributed by atoms with E-state index >= 15 is 0 Å². The van der Waals surface area contributed by atoms with Gasteiger partial charge in [0.15, 0.2) is 0 Å². The molecule has 1 N–H and O–H groups in total. The van der Waals surface area contributed by atoms with Crippen LogP contribution in [-0.2, 0) is 11.3 Å². The minimum Gasteiger partial charge on any atom is -0.377 e. The van der Waals surface area contributed by atoms with Crippen molar-refractivity contribution in [2.45, 2.75) is 65.5 Å². The Morgan fingerprint density at radius 3 is 2.44 bits per heavy atom. The summed E-state index contributed by atoms with van der Waals surface area (Å²) < 4.78 is 0. The number of nitrogens with zero attached hydrogens (tertiary/aromatic N) is 2. The van der Waals surface area contributed by atoms with Crippen LogP contribution in [-0.4, -0.2) is 36.9 Å². The second-order valence-electron chi connectivity index (χ2n) is 9.27. The number of nitrogens with one attached hydrogen (secondary N) is 1. The largest absolute Gasteiger partial charge is 0.377 e. The third-order valence-corrected chi connectivity index (χ3v) is 6.54. The molecular formula is C27H37N3O2. The van der Waals surface area contributed by atoms with E-state index in [2.05, 4.69) is 24.1 Å². The van der Waals surface area contributed by atoms with Crippen LogP contribution in [0.3, 0.4) is 0 Å². The van der Waals surface area contributed by atoms with Crippen LogP contribution in [0, 0.1) is 12.8 Å². The van der Waals surface area contributed by atoms with Crippen molar-refractivity contribution in [1.29, 1.82) is 0 Å². The topological polar surface area (TPSA) is 52.7 Å². The Kier molecular flexibility index (Phi) is 7.94. The summed E-state index contributed by atoms with van der Waals surface area (Å²) in [5, 5.41) is 3.11. The summed E-state index contributed by atoms with van der Waals surface area (Å²) in [7, 11) is 4.01. The van der Waals surface area contributed by atoms with Crippen molar-refractivity contribution in [3.8, 4) is 0 Å². The number of aryl methyl sites for hydroxylation is 1. The SMILES string of the molecule is CCC(C)N(Cc1cc(NC(=O)C2CCCC2)ccc1N(C)C)C(=O)c1cccc(C)c1. The molecule has 2 aromatic carbocycles. The van der Waals surface area contributed by atoms with Gasteiger partial charge in [-0.3, -0.25) is 9.59 Å². The lowest BCUT2D eigenvalue weighted by Gasteiger charge is -2.31. The highest BCUT2D eigenvalue weighted by Gasteiger charge is 2.25. The molecule has 2 amide bonds. The molecule has 0 bridgehead atoms. The number of carbonyl (C=O) groups is 2. The van der Waals surface area contributed by atoms with Gasteiger partial charge in [0.05, 0.1) is 0 Å². The van der Waals surface area contributed by atoms with Gasteiger partial charge >= 0.3 is 0 Å². The Hall–Kier alpha value is -2.82. The zero-order valence-electron chi connectivity index (χ0n) is 20.1. The van der Waals surface area contributed by atoms with Crippen LogP contribution in [0.2, 0.25) is 0 Å². The monoisotopic (exact) mass is 435 g/mol. The fourth-order valence-electron chi connectivity index (χ4n) is 4.43. The molecule has 1 unspecified atom stereocenters. The standard InChI is InChI=1S/C27H37N3O2/c1-6-20(3)30(27(32)22-13-9-10-19(2)16-22)18-23-17-24(14-15-25(23)29(4)5)28-26(31)21-11-7-8-12-21/h9-10,13-17,20-21H,6-8,11-12,18H2,1-5H3,(H,28,31). The summed E-state index contributed by atoms with van der Waals surface area (Å²) in [5.74, 6) is 0.264. The van der Waals surface area contributed by atoms with Crippen molar-refractivity contribution in [3.05, 3.63) is 59.2 Å². The molecule has 5 nitrogen and oxygen atoms in total. The lowest BCUT2D eigenvalue weighted by Crippen LogP contribution is -2.38. The van der Waals surface area contributed by atoms with Crippen LogP contribution in [0.4, 0.5) is 11.4 Å². The van der Waals surface area contributed by atoms with E-state index < -0.39 is 0 Å². The van der Waals surface area contributed by atoms with Gasteiger partial charge in [-0.1, -0.05) is 37.5 Å². The Morgan fingerprint density at radius 2 is 1.81 bits per heavy atom. The van der Waals surface area contributed by atoms with Crippen molar-refractivity contribution in [2.24, 2.45) is 5.92 Å². The minimum absolute atomic E-state index is 0.0353. The average molecular weight is 436 g/mol. The van der Waals surface area contributed by atoms with Crippen molar-refractivity contribution in [1.82, 2.24) is 4.90 Å². The van der Waals surface area contributed by atoms with Gasteiger partial charge in [-0.05, 0) is 69.0 Å². The summed E-state index contributed by atoms with van der Waals surface area (Å²) in [6, 6.07) is 13.9. The molecule has 0 saturated heterocycles. The maximum atomic E-state index is 13.5. The Morgan fingerprint density at radius 1 is 1.09 bits per heavy atom. The predicted molar refractivity (Wildman–Crippen MR) is 132 cm³/mol. The highest BCUT2D eigenvalue weighted by atomic mass is 16.2. The second-order valence-corrected chi connectivity index (χ2v) is 9.27. The van der Waals surface area contributed by atoms with Gasteiger partial charge in [0.2, 0.25) is 5.91 Å². The number of hydrogen-bond donors (Lipinski definition) is 1. The van der Waals surface area contributed by atoms with Crippen molar-refractivity contribution in [2.75, 3.05) is 24.3 Å². The van der Waals surface area contributed by atoms with E-state index in [0.717, 1.165) is 54.6 Å². The molecule has 32 heavy (non-hydrogen) atoms. The molecule has 1 aliphatic rings. The quantitative estimate of drug-likeness (QED) is 0.585. The van der Waals surface area contributed by atoms with Gasteiger partial charge in [0.1, 0.15) is 0 Å². The van der Waals surface area contributed by atoms with Crippen LogP contribution < -0.4 is 10.2 Å².